The van der Waals surface area contributed by atoms with Gasteiger partial charge in [-0.15, -0.1) is 0 Å². The maximum Gasteiger partial charge on any atom is 0.223 e. The summed E-state index contributed by atoms with van der Waals surface area (Å²) >= 11 is 11.8. The van der Waals surface area contributed by atoms with Crippen molar-refractivity contribution in [3.8, 4) is 11.5 Å². The van der Waals surface area contributed by atoms with Crippen LogP contribution in [-0.4, -0.2) is 19.9 Å². The quantitative estimate of drug-likeness (QED) is 0.295. The van der Waals surface area contributed by atoms with Crippen molar-refractivity contribution in [3.63, 3.8) is 0 Å². The van der Waals surface area contributed by atoms with Crippen LogP contribution in [0.2, 0.25) is 10.3 Å². The van der Waals surface area contributed by atoms with Crippen LogP contribution in [0, 0.1) is 0 Å². The van der Waals surface area contributed by atoms with Gasteiger partial charge < -0.3 is 26.8 Å². The van der Waals surface area contributed by atoms with Gasteiger partial charge in [-0.3, -0.25) is 0 Å². The molecule has 0 unspecified atom stereocenters. The molecule has 4 aromatic rings. The lowest BCUT2D eigenvalue weighted by Gasteiger charge is -2.10. The summed E-state index contributed by atoms with van der Waals surface area (Å²) in [5.74, 6) is 2.53. The third-order valence-electron chi connectivity index (χ3n) is 3.91. The maximum atomic E-state index is 5.89. The minimum Gasteiger partial charge on any atom is -0.457 e. The highest BCUT2D eigenvalue weighted by Gasteiger charge is 2.04. The Morgan fingerprint density at radius 3 is 1.35 bits per heavy atom. The summed E-state index contributed by atoms with van der Waals surface area (Å²) in [6.45, 7) is 0. The number of hydrogen-bond acceptors (Lipinski definition) is 9. The van der Waals surface area contributed by atoms with Gasteiger partial charge >= 0.3 is 0 Å². The number of aromatic nitrogens is 4. The van der Waals surface area contributed by atoms with Crippen LogP contribution in [0.3, 0.4) is 0 Å². The molecule has 4 rings (SSSR count). The minimum absolute atomic E-state index is 0.0965. The van der Waals surface area contributed by atoms with Crippen molar-refractivity contribution < 1.29 is 4.74 Å². The molecule has 0 aliphatic carbocycles. The number of ether oxygens (including phenoxy) is 1. The van der Waals surface area contributed by atoms with Gasteiger partial charge in [0, 0.05) is 23.5 Å². The van der Waals surface area contributed by atoms with Crippen LogP contribution >= 0.6 is 23.2 Å². The van der Waals surface area contributed by atoms with Crippen molar-refractivity contribution in [2.45, 2.75) is 0 Å². The lowest BCUT2D eigenvalue weighted by Crippen LogP contribution is -2.00. The van der Waals surface area contributed by atoms with Gasteiger partial charge in [0.15, 0.2) is 0 Å². The average molecular weight is 455 g/mol. The number of rotatable bonds is 6. The number of hydrogen-bond donors (Lipinski definition) is 4. The van der Waals surface area contributed by atoms with E-state index in [0.717, 1.165) is 11.4 Å². The molecular weight excluding hydrogens is 439 g/mol. The standard InChI is InChI=1S/C20H16Cl2N8O/c21-15-9-17(29-19(23)27-15)25-11-1-5-13(6-2-11)31-14-7-3-12(4-8-14)26-18-10-16(22)28-20(24)30-18/h1-10H,(H3,23,25,27,29)(H3,24,26,28,30). The predicted molar refractivity (Wildman–Crippen MR) is 122 cm³/mol. The Morgan fingerprint density at radius 2 is 1.00 bits per heavy atom. The summed E-state index contributed by atoms with van der Waals surface area (Å²) in [5, 5.41) is 6.74. The average Bonchev–Trinajstić information content (AvgIpc) is 2.69. The molecule has 0 saturated heterocycles. The summed E-state index contributed by atoms with van der Waals surface area (Å²) in [6.07, 6.45) is 0. The zero-order valence-electron chi connectivity index (χ0n) is 15.9. The van der Waals surface area contributed by atoms with E-state index in [1.165, 1.54) is 0 Å². The normalized spacial score (nSPS) is 10.5. The molecule has 2 aromatic carbocycles. The lowest BCUT2D eigenvalue weighted by atomic mass is 10.2. The Balaban J connectivity index is 1.38. The van der Waals surface area contributed by atoms with Crippen LogP contribution in [0.5, 0.6) is 11.5 Å². The fourth-order valence-electron chi connectivity index (χ4n) is 2.64. The second-order valence-corrected chi connectivity index (χ2v) is 7.04. The number of benzene rings is 2. The van der Waals surface area contributed by atoms with E-state index in [2.05, 4.69) is 30.6 Å². The summed E-state index contributed by atoms with van der Waals surface area (Å²) in [6, 6.07) is 17.9. The van der Waals surface area contributed by atoms with E-state index in [9.17, 15) is 0 Å². The van der Waals surface area contributed by atoms with Gasteiger partial charge in [0.25, 0.3) is 0 Å². The van der Waals surface area contributed by atoms with Crippen LogP contribution < -0.4 is 26.8 Å². The molecule has 0 saturated carbocycles. The van der Waals surface area contributed by atoms with Crippen molar-refractivity contribution in [2.24, 2.45) is 0 Å². The van der Waals surface area contributed by atoms with Crippen molar-refractivity contribution >= 4 is 58.1 Å². The van der Waals surface area contributed by atoms with Crippen molar-refractivity contribution in [3.05, 3.63) is 71.0 Å². The summed E-state index contributed by atoms with van der Waals surface area (Å²) < 4.78 is 5.88. The maximum absolute atomic E-state index is 5.89. The van der Waals surface area contributed by atoms with E-state index >= 15 is 0 Å². The predicted octanol–water partition coefficient (Wildman–Crippen LogP) is 5.02. The lowest BCUT2D eigenvalue weighted by molar-refractivity contribution is 0.483. The van der Waals surface area contributed by atoms with Gasteiger partial charge in [-0.1, -0.05) is 23.2 Å². The number of nitrogens with one attached hydrogen (secondary N) is 2. The zero-order chi connectivity index (χ0) is 21.8. The minimum atomic E-state index is 0.0965. The van der Waals surface area contributed by atoms with Gasteiger partial charge in [-0.25, -0.2) is 9.97 Å². The van der Waals surface area contributed by atoms with Crippen molar-refractivity contribution in [1.29, 1.82) is 0 Å². The van der Waals surface area contributed by atoms with E-state index in [1.807, 2.05) is 48.5 Å². The second-order valence-electron chi connectivity index (χ2n) is 6.27. The summed E-state index contributed by atoms with van der Waals surface area (Å²) in [7, 11) is 0. The molecule has 31 heavy (non-hydrogen) atoms. The first-order valence-corrected chi connectivity index (χ1v) is 9.71. The van der Waals surface area contributed by atoms with Crippen LogP contribution in [0.1, 0.15) is 0 Å². The Morgan fingerprint density at radius 1 is 0.613 bits per heavy atom. The van der Waals surface area contributed by atoms with Gasteiger partial charge in [0.05, 0.1) is 0 Å². The third kappa shape index (κ3) is 5.62. The molecule has 0 aliphatic rings. The highest BCUT2D eigenvalue weighted by molar-refractivity contribution is 6.30. The number of nitrogens with two attached hydrogens (primary N) is 2. The van der Waals surface area contributed by atoms with Crippen LogP contribution in [0.4, 0.5) is 34.9 Å². The molecule has 0 amide bonds. The van der Waals surface area contributed by atoms with Gasteiger partial charge in [0.2, 0.25) is 11.9 Å². The molecule has 0 bridgehead atoms. The van der Waals surface area contributed by atoms with Gasteiger partial charge in [-0.2, -0.15) is 9.97 Å². The Hall–Kier alpha value is -3.82. The molecule has 9 nitrogen and oxygen atoms in total. The van der Waals surface area contributed by atoms with Crippen molar-refractivity contribution in [2.75, 3.05) is 22.1 Å². The zero-order valence-corrected chi connectivity index (χ0v) is 17.4. The SMILES string of the molecule is Nc1nc(Cl)cc(Nc2ccc(Oc3ccc(Nc4cc(Cl)nc(N)n4)cc3)cc2)n1. The Kier molecular flexibility index (Phi) is 5.87. The molecule has 2 aromatic heterocycles. The molecule has 0 fully saturated rings. The highest BCUT2D eigenvalue weighted by atomic mass is 35.5. The smallest absolute Gasteiger partial charge is 0.223 e. The van der Waals surface area contributed by atoms with Crippen LogP contribution in [0.15, 0.2) is 60.7 Å². The second kappa shape index (κ2) is 8.90. The molecule has 6 N–H and O–H groups in total. The third-order valence-corrected chi connectivity index (χ3v) is 4.30. The largest absolute Gasteiger partial charge is 0.457 e. The number of nitrogens with zero attached hydrogens (tertiary/aromatic N) is 4. The van der Waals surface area contributed by atoms with Crippen LogP contribution in [0.25, 0.3) is 0 Å². The molecule has 0 aliphatic heterocycles. The number of nitrogen functional groups attached to an aromatic ring is 2. The van der Waals surface area contributed by atoms with Gasteiger partial charge in [0.1, 0.15) is 33.4 Å². The van der Waals surface area contributed by atoms with E-state index in [1.54, 1.807) is 12.1 Å². The first-order chi connectivity index (χ1) is 14.9. The monoisotopic (exact) mass is 454 g/mol. The molecule has 0 spiro atoms. The fraction of sp³-hybridized carbons (Fsp3) is 0. The van der Waals surface area contributed by atoms with E-state index in [-0.39, 0.29) is 22.2 Å². The molecule has 0 atom stereocenters. The molecular formula is C20H16Cl2N8O. The molecule has 156 valence electrons. The topological polar surface area (TPSA) is 137 Å². The van der Waals surface area contributed by atoms with E-state index in [4.69, 9.17) is 39.4 Å². The summed E-state index contributed by atoms with van der Waals surface area (Å²) in [5.41, 5.74) is 12.8. The number of anilines is 6. The fourth-order valence-corrected chi connectivity index (χ4v) is 3.02. The Labute approximate surface area is 187 Å². The first-order valence-electron chi connectivity index (χ1n) is 8.95. The van der Waals surface area contributed by atoms with E-state index in [0.29, 0.717) is 23.1 Å². The molecule has 0 radical (unpaired) electrons. The van der Waals surface area contributed by atoms with Crippen molar-refractivity contribution in [1.82, 2.24) is 19.9 Å². The molecule has 2 heterocycles. The first kappa shape index (κ1) is 20.5. The van der Waals surface area contributed by atoms with Gasteiger partial charge in [-0.05, 0) is 48.5 Å². The molecule has 11 heteroatoms. The highest BCUT2D eigenvalue weighted by Crippen LogP contribution is 2.27. The summed E-state index contributed by atoms with van der Waals surface area (Å²) in [4.78, 5) is 15.8. The van der Waals surface area contributed by atoms with Crippen LogP contribution in [-0.2, 0) is 0 Å². The Bertz CT molecular complexity index is 1070. The number of halogens is 2. The van der Waals surface area contributed by atoms with E-state index < -0.39 is 0 Å².